The second-order valence-corrected chi connectivity index (χ2v) is 9.32. The average molecular weight is 365 g/mol. The summed E-state index contributed by atoms with van der Waals surface area (Å²) in [5, 5.41) is 0. The topological polar surface area (TPSA) is 57.7 Å². The quantitative estimate of drug-likeness (QED) is 0.828. The van der Waals surface area contributed by atoms with Crippen LogP contribution in [0.1, 0.15) is 42.4 Å². The smallest absolute Gasteiger partial charge is 0.243 e. The van der Waals surface area contributed by atoms with E-state index in [0.717, 1.165) is 42.4 Å². The molecule has 0 atom stereocenters. The number of rotatable bonds is 3. The first-order chi connectivity index (χ1) is 11.8. The van der Waals surface area contributed by atoms with Crippen molar-refractivity contribution in [3.05, 3.63) is 28.8 Å². The van der Waals surface area contributed by atoms with Crippen molar-refractivity contribution in [2.24, 2.45) is 5.92 Å². The van der Waals surface area contributed by atoms with E-state index in [1.54, 1.807) is 6.07 Å². The van der Waals surface area contributed by atoms with Gasteiger partial charge in [-0.1, -0.05) is 18.9 Å². The van der Waals surface area contributed by atoms with Crippen molar-refractivity contribution in [1.82, 2.24) is 9.21 Å². The van der Waals surface area contributed by atoms with Gasteiger partial charge in [0.05, 0.1) is 4.90 Å². The Hall–Kier alpha value is -1.40. The number of nitrogens with zero attached hydrogens (tertiary/aromatic N) is 2. The maximum Gasteiger partial charge on any atom is 0.243 e. The molecule has 2 fully saturated rings. The summed E-state index contributed by atoms with van der Waals surface area (Å²) in [6.07, 6.45) is 4.24. The minimum absolute atomic E-state index is 0.158. The third kappa shape index (κ3) is 3.60. The number of benzene rings is 1. The van der Waals surface area contributed by atoms with Gasteiger partial charge in [-0.2, -0.15) is 4.31 Å². The summed E-state index contributed by atoms with van der Waals surface area (Å²) < 4.78 is 27.6. The Morgan fingerprint density at radius 1 is 0.920 bits per heavy atom. The molecule has 0 bridgehead atoms. The van der Waals surface area contributed by atoms with Crippen molar-refractivity contribution < 1.29 is 13.2 Å². The van der Waals surface area contributed by atoms with Crippen molar-refractivity contribution in [3.8, 4) is 0 Å². The van der Waals surface area contributed by atoms with Crippen LogP contribution in [0.25, 0.3) is 0 Å². The van der Waals surface area contributed by atoms with Crippen LogP contribution >= 0.6 is 0 Å². The van der Waals surface area contributed by atoms with Crippen LogP contribution in [0.15, 0.2) is 17.0 Å². The van der Waals surface area contributed by atoms with Crippen molar-refractivity contribution in [2.75, 3.05) is 26.2 Å². The molecule has 3 rings (SSSR count). The predicted octanol–water partition coefficient (Wildman–Crippen LogP) is 2.63. The molecule has 0 spiro atoms. The Bertz CT molecular complexity index is 759. The fourth-order valence-corrected chi connectivity index (χ4v) is 5.64. The largest absolute Gasteiger partial charge is 0.340 e. The molecule has 0 radical (unpaired) electrons. The molecule has 6 heteroatoms. The van der Waals surface area contributed by atoms with Gasteiger partial charge >= 0.3 is 0 Å². The Balaban J connectivity index is 1.71. The highest BCUT2D eigenvalue weighted by molar-refractivity contribution is 7.89. The van der Waals surface area contributed by atoms with Crippen molar-refractivity contribution in [3.63, 3.8) is 0 Å². The molecule has 5 nitrogen and oxygen atoms in total. The molecular formula is C19H28N2O3S. The zero-order chi connectivity index (χ0) is 18.2. The molecular weight excluding hydrogens is 336 g/mol. The normalized spacial score (nSPS) is 20.2. The number of aryl methyl sites for hydroxylation is 3. The van der Waals surface area contributed by atoms with E-state index in [1.165, 1.54) is 4.31 Å². The molecule has 0 aromatic heterocycles. The molecule has 1 heterocycles. The van der Waals surface area contributed by atoms with Crippen LogP contribution in [-0.4, -0.2) is 49.7 Å². The lowest BCUT2D eigenvalue weighted by Crippen LogP contribution is -2.51. The molecule has 1 aliphatic carbocycles. The summed E-state index contributed by atoms with van der Waals surface area (Å²) in [5.41, 5.74) is 2.87. The molecule has 1 aliphatic heterocycles. The van der Waals surface area contributed by atoms with E-state index in [9.17, 15) is 13.2 Å². The van der Waals surface area contributed by atoms with Gasteiger partial charge in [0.2, 0.25) is 15.9 Å². The van der Waals surface area contributed by atoms with Crippen molar-refractivity contribution in [2.45, 2.75) is 51.3 Å². The van der Waals surface area contributed by atoms with Gasteiger partial charge in [0.25, 0.3) is 0 Å². The summed E-state index contributed by atoms with van der Waals surface area (Å²) in [7, 11) is -3.50. The number of piperazine rings is 1. The molecule has 138 valence electrons. The first-order valence-corrected chi connectivity index (χ1v) is 10.6. The molecule has 1 amide bonds. The monoisotopic (exact) mass is 364 g/mol. The minimum Gasteiger partial charge on any atom is -0.340 e. The van der Waals surface area contributed by atoms with Gasteiger partial charge < -0.3 is 4.90 Å². The average Bonchev–Trinajstić information content (AvgIpc) is 3.12. The second kappa shape index (κ2) is 7.08. The van der Waals surface area contributed by atoms with E-state index in [-0.39, 0.29) is 11.8 Å². The summed E-state index contributed by atoms with van der Waals surface area (Å²) in [6, 6.07) is 3.71. The van der Waals surface area contributed by atoms with Crippen LogP contribution < -0.4 is 0 Å². The molecule has 1 saturated heterocycles. The second-order valence-electron chi connectivity index (χ2n) is 7.41. The van der Waals surface area contributed by atoms with Gasteiger partial charge in [-0.15, -0.1) is 0 Å². The van der Waals surface area contributed by atoms with Gasteiger partial charge in [-0.3, -0.25) is 4.79 Å². The Labute approximate surface area is 151 Å². The maximum atomic E-state index is 13.0. The fourth-order valence-electron chi connectivity index (χ4n) is 3.93. The van der Waals surface area contributed by atoms with Gasteiger partial charge in [0.1, 0.15) is 0 Å². The Morgan fingerprint density at radius 3 is 2.08 bits per heavy atom. The van der Waals surface area contributed by atoms with Gasteiger partial charge in [0.15, 0.2) is 0 Å². The first-order valence-electron chi connectivity index (χ1n) is 9.17. The molecule has 1 saturated carbocycles. The summed E-state index contributed by atoms with van der Waals surface area (Å²) in [5.74, 6) is 0.377. The molecule has 1 aromatic carbocycles. The number of carbonyl (C=O) groups excluding carboxylic acids is 1. The number of hydrogen-bond acceptors (Lipinski definition) is 3. The third-order valence-electron chi connectivity index (χ3n) is 5.66. The highest BCUT2D eigenvalue weighted by atomic mass is 32.2. The highest BCUT2D eigenvalue weighted by Gasteiger charge is 2.34. The van der Waals surface area contributed by atoms with E-state index < -0.39 is 10.0 Å². The zero-order valence-electron chi connectivity index (χ0n) is 15.4. The third-order valence-corrected chi connectivity index (χ3v) is 7.70. The SMILES string of the molecule is Cc1cc(C)c(S(=O)(=O)N2CCN(C(=O)C3CCCC3)CC2)cc1C. The lowest BCUT2D eigenvalue weighted by atomic mass is 10.1. The van der Waals surface area contributed by atoms with E-state index in [2.05, 4.69) is 0 Å². The van der Waals surface area contributed by atoms with E-state index >= 15 is 0 Å². The summed E-state index contributed by atoms with van der Waals surface area (Å²) in [6.45, 7) is 7.54. The van der Waals surface area contributed by atoms with E-state index in [4.69, 9.17) is 0 Å². The maximum absolute atomic E-state index is 13.0. The number of hydrogen-bond donors (Lipinski definition) is 0. The van der Waals surface area contributed by atoms with Crippen LogP contribution in [0.4, 0.5) is 0 Å². The molecule has 25 heavy (non-hydrogen) atoms. The number of sulfonamides is 1. The summed E-state index contributed by atoms with van der Waals surface area (Å²) >= 11 is 0. The van der Waals surface area contributed by atoms with Gasteiger partial charge in [-0.05, 0) is 56.4 Å². The molecule has 2 aliphatic rings. The van der Waals surface area contributed by atoms with Crippen molar-refractivity contribution >= 4 is 15.9 Å². The molecule has 1 aromatic rings. The van der Waals surface area contributed by atoms with Gasteiger partial charge in [-0.25, -0.2) is 8.42 Å². The fraction of sp³-hybridized carbons (Fsp3) is 0.632. The number of amides is 1. The zero-order valence-corrected chi connectivity index (χ0v) is 16.2. The number of carbonyl (C=O) groups is 1. The predicted molar refractivity (Wildman–Crippen MR) is 97.9 cm³/mol. The summed E-state index contributed by atoms with van der Waals surface area (Å²) in [4.78, 5) is 14.8. The Kier molecular flexibility index (Phi) is 5.21. The van der Waals surface area contributed by atoms with Crippen LogP contribution in [0.5, 0.6) is 0 Å². The van der Waals surface area contributed by atoms with Crippen LogP contribution in [0.2, 0.25) is 0 Å². The lowest BCUT2D eigenvalue weighted by Gasteiger charge is -2.35. The molecule has 0 N–H and O–H groups in total. The van der Waals surface area contributed by atoms with Gasteiger partial charge in [0, 0.05) is 32.1 Å². The standard InChI is InChI=1S/C19H28N2O3S/c1-14-12-16(3)18(13-15(14)2)25(23,24)21-10-8-20(9-11-21)19(22)17-6-4-5-7-17/h12-13,17H,4-11H2,1-3H3. The van der Waals surface area contributed by atoms with Crippen molar-refractivity contribution in [1.29, 1.82) is 0 Å². The molecule has 0 unspecified atom stereocenters. The van der Waals surface area contributed by atoms with Crippen LogP contribution in [0.3, 0.4) is 0 Å². The van der Waals surface area contributed by atoms with E-state index in [1.807, 2.05) is 31.7 Å². The first kappa shape index (κ1) is 18.4. The Morgan fingerprint density at radius 2 is 1.48 bits per heavy atom. The van der Waals surface area contributed by atoms with E-state index in [0.29, 0.717) is 31.1 Å². The lowest BCUT2D eigenvalue weighted by molar-refractivity contribution is -0.136. The highest BCUT2D eigenvalue weighted by Crippen LogP contribution is 2.28. The minimum atomic E-state index is -3.50. The van der Waals surface area contributed by atoms with Crippen LogP contribution in [0, 0.1) is 26.7 Å². The van der Waals surface area contributed by atoms with Crippen LogP contribution in [-0.2, 0) is 14.8 Å².